The molecule has 0 fully saturated rings. The van der Waals surface area contributed by atoms with E-state index < -0.39 is 0 Å². The van der Waals surface area contributed by atoms with Crippen molar-refractivity contribution < 1.29 is 9.47 Å². The fraction of sp³-hybridized carbons (Fsp3) is 0.308. The first-order valence-electron chi connectivity index (χ1n) is 5.81. The smallest absolute Gasteiger partial charge is 0.157 e. The third-order valence-electron chi connectivity index (χ3n) is 2.55. The number of anilines is 1. The molecule has 0 atom stereocenters. The van der Waals surface area contributed by atoms with Crippen LogP contribution in [-0.4, -0.2) is 36.2 Å². The third kappa shape index (κ3) is 3.17. The van der Waals surface area contributed by atoms with Gasteiger partial charge in [-0.15, -0.1) is 0 Å². The van der Waals surface area contributed by atoms with E-state index in [0.29, 0.717) is 18.2 Å². The Kier molecular flexibility index (Phi) is 4.25. The van der Waals surface area contributed by atoms with Crippen molar-refractivity contribution in [2.24, 2.45) is 0 Å². The van der Waals surface area contributed by atoms with Crippen molar-refractivity contribution in [3.8, 4) is 17.0 Å². The minimum atomic E-state index is 0.361. The van der Waals surface area contributed by atoms with Crippen LogP contribution in [0.5, 0.6) is 5.75 Å². The average molecular weight is 260 g/mol. The Morgan fingerprint density at radius 2 is 2.00 bits per heavy atom. The molecule has 0 amide bonds. The predicted octanol–water partition coefficient (Wildman–Crippen LogP) is 1.74. The summed E-state index contributed by atoms with van der Waals surface area (Å²) in [5, 5.41) is 3.01. The zero-order chi connectivity index (χ0) is 13.7. The molecular weight excluding hydrogens is 244 g/mol. The Balaban J connectivity index is 2.44. The SMILES string of the molecule is CNc1cc(-c2cncc(OC)c2)nc(COC)n1. The molecular formula is C13H16N4O2. The molecule has 100 valence electrons. The normalized spacial score (nSPS) is 10.3. The van der Waals surface area contributed by atoms with Crippen molar-refractivity contribution in [1.29, 1.82) is 0 Å². The zero-order valence-corrected chi connectivity index (χ0v) is 11.2. The van der Waals surface area contributed by atoms with Crippen LogP contribution in [0.15, 0.2) is 24.5 Å². The van der Waals surface area contributed by atoms with Crippen molar-refractivity contribution in [3.05, 3.63) is 30.4 Å². The summed E-state index contributed by atoms with van der Waals surface area (Å²) in [6.07, 6.45) is 3.39. The van der Waals surface area contributed by atoms with E-state index in [1.165, 1.54) is 0 Å². The number of methoxy groups -OCH3 is 2. The van der Waals surface area contributed by atoms with E-state index in [2.05, 4.69) is 20.3 Å². The van der Waals surface area contributed by atoms with Gasteiger partial charge in [0.15, 0.2) is 5.82 Å². The van der Waals surface area contributed by atoms with Crippen LogP contribution in [0.1, 0.15) is 5.82 Å². The van der Waals surface area contributed by atoms with Crippen LogP contribution in [0.3, 0.4) is 0 Å². The number of hydrogen-bond donors (Lipinski definition) is 1. The van der Waals surface area contributed by atoms with Gasteiger partial charge in [0.25, 0.3) is 0 Å². The lowest BCUT2D eigenvalue weighted by molar-refractivity contribution is 0.178. The molecule has 1 N–H and O–H groups in total. The van der Waals surface area contributed by atoms with E-state index in [4.69, 9.17) is 9.47 Å². The summed E-state index contributed by atoms with van der Waals surface area (Å²) in [7, 11) is 5.03. The summed E-state index contributed by atoms with van der Waals surface area (Å²) in [5.74, 6) is 2.04. The monoisotopic (exact) mass is 260 g/mol. The average Bonchev–Trinajstić information content (AvgIpc) is 2.47. The lowest BCUT2D eigenvalue weighted by Crippen LogP contribution is -2.03. The second-order valence-electron chi connectivity index (χ2n) is 3.85. The van der Waals surface area contributed by atoms with E-state index in [1.54, 1.807) is 26.6 Å². The van der Waals surface area contributed by atoms with Gasteiger partial charge in [-0.25, -0.2) is 9.97 Å². The van der Waals surface area contributed by atoms with Gasteiger partial charge in [0.1, 0.15) is 18.2 Å². The molecule has 2 aromatic rings. The van der Waals surface area contributed by atoms with Gasteiger partial charge in [0.05, 0.1) is 19.0 Å². The zero-order valence-electron chi connectivity index (χ0n) is 11.2. The van der Waals surface area contributed by atoms with Crippen LogP contribution < -0.4 is 10.1 Å². The lowest BCUT2D eigenvalue weighted by atomic mass is 10.2. The maximum absolute atomic E-state index is 5.16. The highest BCUT2D eigenvalue weighted by atomic mass is 16.5. The number of hydrogen-bond acceptors (Lipinski definition) is 6. The van der Waals surface area contributed by atoms with E-state index in [1.807, 2.05) is 19.2 Å². The number of rotatable bonds is 5. The van der Waals surface area contributed by atoms with Crippen LogP contribution >= 0.6 is 0 Å². The van der Waals surface area contributed by atoms with E-state index >= 15 is 0 Å². The maximum Gasteiger partial charge on any atom is 0.157 e. The Bertz CT molecular complexity index is 560. The van der Waals surface area contributed by atoms with Crippen LogP contribution in [0.25, 0.3) is 11.3 Å². The van der Waals surface area contributed by atoms with Gasteiger partial charge in [0.2, 0.25) is 0 Å². The first kappa shape index (κ1) is 13.2. The first-order valence-corrected chi connectivity index (χ1v) is 5.81. The highest BCUT2D eigenvalue weighted by Gasteiger charge is 2.07. The molecule has 0 radical (unpaired) electrons. The van der Waals surface area contributed by atoms with Gasteiger partial charge in [0, 0.05) is 32.0 Å². The minimum Gasteiger partial charge on any atom is -0.495 e. The fourth-order valence-electron chi connectivity index (χ4n) is 1.64. The second kappa shape index (κ2) is 6.10. The number of ether oxygens (including phenoxy) is 2. The predicted molar refractivity (Wildman–Crippen MR) is 72.1 cm³/mol. The van der Waals surface area contributed by atoms with E-state index in [9.17, 15) is 0 Å². The molecule has 19 heavy (non-hydrogen) atoms. The molecule has 0 aliphatic carbocycles. The van der Waals surface area contributed by atoms with Crippen molar-refractivity contribution in [3.63, 3.8) is 0 Å². The summed E-state index contributed by atoms with van der Waals surface area (Å²) >= 11 is 0. The van der Waals surface area contributed by atoms with Crippen molar-refractivity contribution in [2.75, 3.05) is 26.6 Å². The standard InChI is InChI=1S/C13H16N4O2/c1-14-12-5-11(16-13(17-12)8-18-2)9-4-10(19-3)7-15-6-9/h4-7H,8H2,1-3H3,(H,14,16,17). The first-order chi connectivity index (χ1) is 9.26. The largest absolute Gasteiger partial charge is 0.495 e. The van der Waals surface area contributed by atoms with Crippen LogP contribution in [0, 0.1) is 0 Å². The molecule has 6 nitrogen and oxygen atoms in total. The second-order valence-corrected chi connectivity index (χ2v) is 3.85. The topological polar surface area (TPSA) is 69.2 Å². The molecule has 2 heterocycles. The van der Waals surface area contributed by atoms with E-state index in [-0.39, 0.29) is 0 Å². The molecule has 0 aromatic carbocycles. The molecule has 0 saturated carbocycles. The number of nitrogens with one attached hydrogen (secondary N) is 1. The Morgan fingerprint density at radius 3 is 2.68 bits per heavy atom. The van der Waals surface area contributed by atoms with Crippen LogP contribution in [0.2, 0.25) is 0 Å². The van der Waals surface area contributed by atoms with Crippen LogP contribution in [-0.2, 0) is 11.3 Å². The van der Waals surface area contributed by atoms with Gasteiger partial charge in [-0.05, 0) is 6.07 Å². The molecule has 0 bridgehead atoms. The summed E-state index contributed by atoms with van der Waals surface area (Å²) < 4.78 is 10.2. The molecule has 2 rings (SSSR count). The molecule has 0 saturated heterocycles. The quantitative estimate of drug-likeness (QED) is 0.883. The highest BCUT2D eigenvalue weighted by Crippen LogP contribution is 2.22. The molecule has 0 unspecified atom stereocenters. The van der Waals surface area contributed by atoms with E-state index in [0.717, 1.165) is 17.1 Å². The third-order valence-corrected chi connectivity index (χ3v) is 2.55. The Hall–Kier alpha value is -2.21. The lowest BCUT2D eigenvalue weighted by Gasteiger charge is -2.08. The van der Waals surface area contributed by atoms with Crippen LogP contribution in [0.4, 0.5) is 5.82 Å². The van der Waals surface area contributed by atoms with Crippen molar-refractivity contribution in [1.82, 2.24) is 15.0 Å². The van der Waals surface area contributed by atoms with Crippen molar-refractivity contribution in [2.45, 2.75) is 6.61 Å². The number of nitrogens with zero attached hydrogens (tertiary/aromatic N) is 3. The minimum absolute atomic E-state index is 0.361. The molecule has 0 aliphatic rings. The summed E-state index contributed by atoms with van der Waals surface area (Å²) in [5.41, 5.74) is 1.65. The Labute approximate surface area is 111 Å². The van der Waals surface area contributed by atoms with Crippen molar-refractivity contribution >= 4 is 5.82 Å². The Morgan fingerprint density at radius 1 is 1.16 bits per heavy atom. The number of aromatic nitrogens is 3. The van der Waals surface area contributed by atoms with Gasteiger partial charge < -0.3 is 14.8 Å². The molecule has 0 spiro atoms. The number of pyridine rings is 1. The maximum atomic E-state index is 5.16. The summed E-state index contributed by atoms with van der Waals surface area (Å²) in [4.78, 5) is 12.9. The fourth-order valence-corrected chi connectivity index (χ4v) is 1.64. The summed E-state index contributed by atoms with van der Waals surface area (Å²) in [6, 6.07) is 3.74. The molecule has 2 aromatic heterocycles. The van der Waals surface area contributed by atoms with Gasteiger partial charge >= 0.3 is 0 Å². The highest BCUT2D eigenvalue weighted by molar-refractivity contribution is 5.62. The van der Waals surface area contributed by atoms with Gasteiger partial charge in [-0.2, -0.15) is 0 Å². The summed E-state index contributed by atoms with van der Waals surface area (Å²) in [6.45, 7) is 0.361. The molecule has 6 heteroatoms. The molecule has 0 aliphatic heterocycles. The van der Waals surface area contributed by atoms with Gasteiger partial charge in [-0.1, -0.05) is 0 Å². The van der Waals surface area contributed by atoms with Gasteiger partial charge in [-0.3, -0.25) is 4.98 Å².